The van der Waals surface area contributed by atoms with Crippen molar-refractivity contribution in [2.45, 2.75) is 25.5 Å². The first kappa shape index (κ1) is 16.0. The van der Waals surface area contributed by atoms with Gasteiger partial charge in [-0.1, -0.05) is 19.1 Å². The molecule has 2 unspecified atom stereocenters. The van der Waals surface area contributed by atoms with Crippen LogP contribution in [0.25, 0.3) is 0 Å². The third kappa shape index (κ3) is 5.19. The van der Waals surface area contributed by atoms with Crippen molar-refractivity contribution in [1.82, 2.24) is 5.32 Å². The van der Waals surface area contributed by atoms with E-state index < -0.39 is 0 Å². The molecular weight excluding hydrogens is 242 g/mol. The smallest absolute Gasteiger partial charge is 0.118 e. The van der Waals surface area contributed by atoms with Crippen LogP contribution in [0.4, 0.5) is 0 Å². The molecule has 4 nitrogen and oxygen atoms in total. The standard InChI is InChI=1S/C15H25NO3/c1-5-15(16-10-14(19-4)11-17-2)12-6-8-13(18-3)9-7-12/h6-9,14-16H,5,10-11H2,1-4H3. The number of rotatable bonds is 9. The van der Waals surface area contributed by atoms with E-state index in [0.717, 1.165) is 18.7 Å². The highest BCUT2D eigenvalue weighted by Crippen LogP contribution is 2.20. The van der Waals surface area contributed by atoms with E-state index in [2.05, 4.69) is 24.4 Å². The largest absolute Gasteiger partial charge is 0.497 e. The van der Waals surface area contributed by atoms with Crippen LogP contribution < -0.4 is 10.1 Å². The van der Waals surface area contributed by atoms with Gasteiger partial charge in [0.1, 0.15) is 5.75 Å². The number of ether oxygens (including phenoxy) is 3. The van der Waals surface area contributed by atoms with Gasteiger partial charge >= 0.3 is 0 Å². The molecule has 0 spiro atoms. The third-order valence-corrected chi connectivity index (χ3v) is 3.20. The van der Waals surface area contributed by atoms with Gasteiger partial charge in [0, 0.05) is 26.8 Å². The Morgan fingerprint density at radius 3 is 2.26 bits per heavy atom. The van der Waals surface area contributed by atoms with Crippen LogP contribution in [0, 0.1) is 0 Å². The van der Waals surface area contributed by atoms with Crippen molar-refractivity contribution in [2.24, 2.45) is 0 Å². The number of hydrogen-bond acceptors (Lipinski definition) is 4. The molecule has 0 radical (unpaired) electrons. The van der Waals surface area contributed by atoms with E-state index in [9.17, 15) is 0 Å². The Balaban J connectivity index is 2.56. The Morgan fingerprint density at radius 2 is 1.79 bits per heavy atom. The molecule has 4 heteroatoms. The SMILES string of the molecule is CCC(NCC(COC)OC)c1ccc(OC)cc1. The average Bonchev–Trinajstić information content (AvgIpc) is 2.47. The monoisotopic (exact) mass is 267 g/mol. The van der Waals surface area contributed by atoms with Gasteiger partial charge in [-0.05, 0) is 24.1 Å². The second kappa shape index (κ2) is 8.91. The summed E-state index contributed by atoms with van der Waals surface area (Å²) in [5.41, 5.74) is 1.26. The molecule has 1 aromatic carbocycles. The lowest BCUT2D eigenvalue weighted by Crippen LogP contribution is -2.34. The minimum absolute atomic E-state index is 0.0808. The minimum Gasteiger partial charge on any atom is -0.497 e. The molecule has 0 amide bonds. The predicted octanol–water partition coefficient (Wildman–Crippen LogP) is 2.40. The van der Waals surface area contributed by atoms with Gasteiger partial charge in [-0.25, -0.2) is 0 Å². The zero-order valence-corrected chi connectivity index (χ0v) is 12.3. The van der Waals surface area contributed by atoms with Crippen LogP contribution in [0.3, 0.4) is 0 Å². The Hall–Kier alpha value is -1.10. The van der Waals surface area contributed by atoms with Gasteiger partial charge in [-0.15, -0.1) is 0 Å². The van der Waals surface area contributed by atoms with E-state index in [-0.39, 0.29) is 6.10 Å². The van der Waals surface area contributed by atoms with Crippen LogP contribution in [0.15, 0.2) is 24.3 Å². The fourth-order valence-electron chi connectivity index (χ4n) is 2.00. The summed E-state index contributed by atoms with van der Waals surface area (Å²) in [6.45, 7) is 3.54. The predicted molar refractivity (Wildman–Crippen MR) is 76.7 cm³/mol. The lowest BCUT2D eigenvalue weighted by molar-refractivity contribution is 0.0272. The van der Waals surface area contributed by atoms with E-state index in [1.165, 1.54) is 5.56 Å². The highest BCUT2D eigenvalue weighted by molar-refractivity contribution is 5.29. The molecule has 0 bridgehead atoms. The second-order valence-electron chi connectivity index (χ2n) is 4.46. The highest BCUT2D eigenvalue weighted by Gasteiger charge is 2.12. The van der Waals surface area contributed by atoms with Crippen molar-refractivity contribution in [3.05, 3.63) is 29.8 Å². The van der Waals surface area contributed by atoms with Gasteiger partial charge in [0.25, 0.3) is 0 Å². The zero-order valence-electron chi connectivity index (χ0n) is 12.3. The molecule has 19 heavy (non-hydrogen) atoms. The summed E-state index contributed by atoms with van der Waals surface area (Å²) in [4.78, 5) is 0. The first-order valence-corrected chi connectivity index (χ1v) is 6.64. The topological polar surface area (TPSA) is 39.7 Å². The normalized spacial score (nSPS) is 14.1. The highest BCUT2D eigenvalue weighted by atomic mass is 16.5. The van der Waals surface area contributed by atoms with Crippen molar-refractivity contribution in [3.63, 3.8) is 0 Å². The van der Waals surface area contributed by atoms with E-state index >= 15 is 0 Å². The number of methoxy groups -OCH3 is 3. The molecule has 0 heterocycles. The summed E-state index contributed by atoms with van der Waals surface area (Å²) >= 11 is 0. The summed E-state index contributed by atoms with van der Waals surface area (Å²) in [5, 5.41) is 3.51. The molecular formula is C15H25NO3. The molecule has 0 aliphatic heterocycles. The third-order valence-electron chi connectivity index (χ3n) is 3.20. The van der Waals surface area contributed by atoms with Crippen LogP contribution in [-0.4, -0.2) is 40.6 Å². The van der Waals surface area contributed by atoms with Crippen LogP contribution in [-0.2, 0) is 9.47 Å². The molecule has 0 saturated heterocycles. The van der Waals surface area contributed by atoms with Gasteiger partial charge in [0.2, 0.25) is 0 Å². The molecule has 0 aromatic heterocycles. The summed E-state index contributed by atoms with van der Waals surface area (Å²) < 4.78 is 15.6. The van der Waals surface area contributed by atoms with E-state index in [1.807, 2.05) is 12.1 Å². The van der Waals surface area contributed by atoms with Gasteiger partial charge in [0.05, 0.1) is 19.8 Å². The van der Waals surface area contributed by atoms with Crippen molar-refractivity contribution in [1.29, 1.82) is 0 Å². The Kier molecular flexibility index (Phi) is 7.48. The van der Waals surface area contributed by atoms with Crippen LogP contribution in [0.1, 0.15) is 24.9 Å². The molecule has 1 N–H and O–H groups in total. The van der Waals surface area contributed by atoms with Crippen LogP contribution in [0.2, 0.25) is 0 Å². The second-order valence-corrected chi connectivity index (χ2v) is 4.46. The van der Waals surface area contributed by atoms with Crippen LogP contribution >= 0.6 is 0 Å². The van der Waals surface area contributed by atoms with Crippen molar-refractivity contribution >= 4 is 0 Å². The summed E-state index contributed by atoms with van der Waals surface area (Å²) in [6, 6.07) is 8.49. The Labute approximate surface area is 116 Å². The maximum absolute atomic E-state index is 5.35. The average molecular weight is 267 g/mol. The zero-order chi connectivity index (χ0) is 14.1. The molecule has 108 valence electrons. The first-order chi connectivity index (χ1) is 9.24. The quantitative estimate of drug-likeness (QED) is 0.746. The lowest BCUT2D eigenvalue weighted by atomic mass is 10.0. The van der Waals surface area contributed by atoms with Crippen molar-refractivity contribution < 1.29 is 14.2 Å². The minimum atomic E-state index is 0.0808. The van der Waals surface area contributed by atoms with E-state index in [0.29, 0.717) is 12.6 Å². The molecule has 0 saturated carbocycles. The maximum Gasteiger partial charge on any atom is 0.118 e. The van der Waals surface area contributed by atoms with Gasteiger partial charge in [-0.2, -0.15) is 0 Å². The summed E-state index contributed by atoms with van der Waals surface area (Å²) in [6.07, 6.45) is 1.10. The van der Waals surface area contributed by atoms with Gasteiger partial charge < -0.3 is 19.5 Å². The van der Waals surface area contributed by atoms with Crippen molar-refractivity contribution in [2.75, 3.05) is 34.5 Å². The fraction of sp³-hybridized carbons (Fsp3) is 0.600. The van der Waals surface area contributed by atoms with Crippen LogP contribution in [0.5, 0.6) is 5.75 Å². The molecule has 2 atom stereocenters. The fourth-order valence-corrected chi connectivity index (χ4v) is 2.00. The molecule has 0 aliphatic carbocycles. The molecule has 0 fully saturated rings. The van der Waals surface area contributed by atoms with E-state index in [4.69, 9.17) is 14.2 Å². The van der Waals surface area contributed by atoms with Gasteiger partial charge in [0.15, 0.2) is 0 Å². The molecule has 1 rings (SSSR count). The lowest BCUT2D eigenvalue weighted by Gasteiger charge is -2.21. The van der Waals surface area contributed by atoms with Gasteiger partial charge in [-0.3, -0.25) is 0 Å². The number of nitrogens with one attached hydrogen (secondary N) is 1. The molecule has 1 aromatic rings. The van der Waals surface area contributed by atoms with E-state index in [1.54, 1.807) is 21.3 Å². The Morgan fingerprint density at radius 1 is 1.11 bits per heavy atom. The maximum atomic E-state index is 5.35. The number of hydrogen-bond donors (Lipinski definition) is 1. The first-order valence-electron chi connectivity index (χ1n) is 6.64. The number of benzene rings is 1. The Bertz CT molecular complexity index is 340. The summed E-state index contributed by atoms with van der Waals surface area (Å²) in [7, 11) is 5.07. The van der Waals surface area contributed by atoms with Crippen molar-refractivity contribution in [3.8, 4) is 5.75 Å². The summed E-state index contributed by atoms with van der Waals surface area (Å²) in [5.74, 6) is 0.882. The molecule has 0 aliphatic rings.